The Morgan fingerprint density at radius 3 is 2.71 bits per heavy atom. The predicted octanol–water partition coefficient (Wildman–Crippen LogP) is 4.56. The molecule has 2 aromatic heterocycles. The highest BCUT2D eigenvalue weighted by Gasteiger charge is 2.14. The van der Waals surface area contributed by atoms with Gasteiger partial charge >= 0.3 is 0 Å². The lowest BCUT2D eigenvalue weighted by molar-refractivity contribution is -0.114. The van der Waals surface area contributed by atoms with Crippen molar-refractivity contribution in [2.24, 2.45) is 0 Å². The zero-order valence-corrected chi connectivity index (χ0v) is 13.5. The van der Waals surface area contributed by atoms with Crippen LogP contribution in [0, 0.1) is 5.82 Å². The van der Waals surface area contributed by atoms with Crippen LogP contribution in [0.5, 0.6) is 0 Å². The van der Waals surface area contributed by atoms with Crippen LogP contribution in [0.4, 0.5) is 10.2 Å². The highest BCUT2D eigenvalue weighted by Crippen LogP contribution is 2.33. The van der Waals surface area contributed by atoms with Crippen LogP contribution in [0.15, 0.2) is 54.9 Å². The van der Waals surface area contributed by atoms with Gasteiger partial charge in [-0.25, -0.2) is 9.37 Å². The minimum Gasteiger partial charge on any atom is -0.311 e. The number of hydrogen-bond acceptors (Lipinski definition) is 3. The molecule has 0 unspecified atom stereocenters. The second-order valence-electron chi connectivity index (χ2n) is 5.13. The molecule has 1 aromatic carbocycles. The van der Waals surface area contributed by atoms with Crippen molar-refractivity contribution in [3.63, 3.8) is 0 Å². The van der Waals surface area contributed by atoms with Crippen LogP contribution in [0.3, 0.4) is 0 Å². The highest BCUT2D eigenvalue weighted by molar-refractivity contribution is 6.30. The molecule has 0 radical (unpaired) electrons. The maximum Gasteiger partial charge on any atom is 0.222 e. The standard InChI is InChI=1S/C18H13ClFN3O/c1-11(24)23-17-9-12(6-8-21-17)14-3-2-7-22-18(14)15-10-13(19)4-5-16(15)20/h2-10H,1H3,(H,21,23,24). The van der Waals surface area contributed by atoms with Gasteiger partial charge in [0.25, 0.3) is 0 Å². The van der Waals surface area contributed by atoms with Gasteiger partial charge in [-0.15, -0.1) is 0 Å². The van der Waals surface area contributed by atoms with Crippen molar-refractivity contribution in [3.8, 4) is 22.4 Å². The van der Waals surface area contributed by atoms with E-state index in [1.54, 1.807) is 36.7 Å². The molecule has 1 N–H and O–H groups in total. The Kier molecular flexibility index (Phi) is 4.53. The number of hydrogen-bond donors (Lipinski definition) is 1. The third-order valence-corrected chi connectivity index (χ3v) is 3.60. The second-order valence-corrected chi connectivity index (χ2v) is 5.57. The van der Waals surface area contributed by atoms with Gasteiger partial charge in [0.05, 0.1) is 5.69 Å². The van der Waals surface area contributed by atoms with E-state index < -0.39 is 5.82 Å². The first-order valence-corrected chi connectivity index (χ1v) is 7.57. The minimum atomic E-state index is -0.407. The first-order chi connectivity index (χ1) is 11.5. The summed E-state index contributed by atoms with van der Waals surface area (Å²) in [6, 6.07) is 11.4. The molecule has 0 saturated heterocycles. The maximum atomic E-state index is 14.2. The number of benzene rings is 1. The quantitative estimate of drug-likeness (QED) is 0.759. The second kappa shape index (κ2) is 6.76. The largest absolute Gasteiger partial charge is 0.311 e. The van der Waals surface area contributed by atoms with Crippen LogP contribution in [0.25, 0.3) is 22.4 Å². The van der Waals surface area contributed by atoms with Crippen molar-refractivity contribution in [2.75, 3.05) is 5.32 Å². The number of rotatable bonds is 3. The lowest BCUT2D eigenvalue weighted by atomic mass is 10.00. The zero-order valence-electron chi connectivity index (χ0n) is 12.8. The van der Waals surface area contributed by atoms with Gasteiger partial charge in [0, 0.05) is 35.5 Å². The number of amides is 1. The summed E-state index contributed by atoms with van der Waals surface area (Å²) in [4.78, 5) is 19.6. The van der Waals surface area contributed by atoms with E-state index >= 15 is 0 Å². The summed E-state index contributed by atoms with van der Waals surface area (Å²) in [7, 11) is 0. The van der Waals surface area contributed by atoms with Gasteiger partial charge in [0.15, 0.2) is 0 Å². The number of anilines is 1. The molecule has 3 aromatic rings. The Balaban J connectivity index is 2.14. The number of carbonyl (C=O) groups excluding carboxylic acids is 1. The van der Waals surface area contributed by atoms with E-state index in [4.69, 9.17) is 11.6 Å². The Bertz CT molecular complexity index is 914. The van der Waals surface area contributed by atoms with E-state index in [9.17, 15) is 9.18 Å². The summed E-state index contributed by atoms with van der Waals surface area (Å²) in [6.07, 6.45) is 3.17. The fraction of sp³-hybridized carbons (Fsp3) is 0.0556. The van der Waals surface area contributed by atoms with Gasteiger partial charge in [-0.3, -0.25) is 9.78 Å². The van der Waals surface area contributed by atoms with E-state index in [0.29, 0.717) is 27.7 Å². The SMILES string of the molecule is CC(=O)Nc1cc(-c2cccnc2-c2cc(Cl)ccc2F)ccn1. The van der Waals surface area contributed by atoms with Crippen molar-refractivity contribution in [3.05, 3.63) is 65.7 Å². The molecule has 0 aliphatic carbocycles. The summed E-state index contributed by atoms with van der Waals surface area (Å²) < 4.78 is 14.2. The number of carbonyl (C=O) groups is 1. The van der Waals surface area contributed by atoms with Crippen LogP contribution < -0.4 is 5.32 Å². The van der Waals surface area contributed by atoms with E-state index in [-0.39, 0.29) is 5.91 Å². The topological polar surface area (TPSA) is 54.9 Å². The maximum absolute atomic E-state index is 14.2. The molecule has 120 valence electrons. The van der Waals surface area contributed by atoms with Gasteiger partial charge in [-0.1, -0.05) is 17.7 Å². The molecule has 0 bridgehead atoms. The summed E-state index contributed by atoms with van der Waals surface area (Å²) >= 11 is 6.00. The smallest absolute Gasteiger partial charge is 0.222 e. The van der Waals surface area contributed by atoms with Gasteiger partial charge in [0.1, 0.15) is 11.6 Å². The molecule has 0 aliphatic rings. The highest BCUT2D eigenvalue weighted by atomic mass is 35.5. The molecule has 6 heteroatoms. The zero-order chi connectivity index (χ0) is 17.1. The lowest BCUT2D eigenvalue weighted by Crippen LogP contribution is -2.07. The third-order valence-electron chi connectivity index (χ3n) is 3.37. The minimum absolute atomic E-state index is 0.216. The van der Waals surface area contributed by atoms with Crippen LogP contribution in [-0.2, 0) is 4.79 Å². The molecule has 4 nitrogen and oxygen atoms in total. The molecule has 0 atom stereocenters. The Morgan fingerprint density at radius 2 is 1.92 bits per heavy atom. The van der Waals surface area contributed by atoms with E-state index in [0.717, 1.165) is 5.56 Å². The number of halogens is 2. The summed E-state index contributed by atoms with van der Waals surface area (Å²) in [6.45, 7) is 1.41. The normalized spacial score (nSPS) is 10.5. The molecule has 0 aliphatic heterocycles. The number of aromatic nitrogens is 2. The monoisotopic (exact) mass is 341 g/mol. The van der Waals surface area contributed by atoms with E-state index in [1.165, 1.54) is 19.1 Å². The molecule has 24 heavy (non-hydrogen) atoms. The molecule has 0 fully saturated rings. The van der Waals surface area contributed by atoms with Crippen molar-refractivity contribution in [2.45, 2.75) is 6.92 Å². The summed E-state index contributed by atoms with van der Waals surface area (Å²) in [5.41, 5.74) is 2.26. The average molecular weight is 342 g/mol. The van der Waals surface area contributed by atoms with Gasteiger partial charge in [-0.05, 0) is 42.0 Å². The molecule has 0 spiro atoms. The van der Waals surface area contributed by atoms with Crippen molar-refractivity contribution in [1.29, 1.82) is 0 Å². The lowest BCUT2D eigenvalue weighted by Gasteiger charge is -2.11. The van der Waals surface area contributed by atoms with Crippen molar-refractivity contribution >= 4 is 23.3 Å². The van der Waals surface area contributed by atoms with Crippen LogP contribution >= 0.6 is 11.6 Å². The predicted molar refractivity (Wildman–Crippen MR) is 92.2 cm³/mol. The van der Waals surface area contributed by atoms with Gasteiger partial charge in [-0.2, -0.15) is 0 Å². The van der Waals surface area contributed by atoms with Crippen LogP contribution in [0.2, 0.25) is 5.02 Å². The van der Waals surface area contributed by atoms with Crippen LogP contribution in [0.1, 0.15) is 6.92 Å². The third kappa shape index (κ3) is 3.41. The van der Waals surface area contributed by atoms with Crippen molar-refractivity contribution < 1.29 is 9.18 Å². The first kappa shape index (κ1) is 16.1. The fourth-order valence-corrected chi connectivity index (χ4v) is 2.55. The fourth-order valence-electron chi connectivity index (χ4n) is 2.38. The number of nitrogens with zero attached hydrogens (tertiary/aromatic N) is 2. The molecule has 1 amide bonds. The van der Waals surface area contributed by atoms with E-state index in [1.807, 2.05) is 6.07 Å². The molecule has 3 rings (SSSR count). The molecular weight excluding hydrogens is 329 g/mol. The Labute approximate surface area is 143 Å². The van der Waals surface area contributed by atoms with Gasteiger partial charge < -0.3 is 5.32 Å². The number of nitrogens with one attached hydrogen (secondary N) is 1. The molecule has 0 saturated carbocycles. The van der Waals surface area contributed by atoms with Gasteiger partial charge in [0.2, 0.25) is 5.91 Å². The van der Waals surface area contributed by atoms with E-state index in [2.05, 4.69) is 15.3 Å². The Hall–Kier alpha value is -2.79. The first-order valence-electron chi connectivity index (χ1n) is 7.19. The summed E-state index contributed by atoms with van der Waals surface area (Å²) in [5.74, 6) is -0.205. The molecule has 2 heterocycles. The van der Waals surface area contributed by atoms with Crippen molar-refractivity contribution in [1.82, 2.24) is 9.97 Å². The van der Waals surface area contributed by atoms with Crippen LogP contribution in [-0.4, -0.2) is 15.9 Å². The molecular formula is C18H13ClFN3O. The summed E-state index contributed by atoms with van der Waals surface area (Å²) in [5, 5.41) is 3.06. The number of pyridine rings is 2. The Morgan fingerprint density at radius 1 is 1.08 bits per heavy atom. The average Bonchev–Trinajstić information content (AvgIpc) is 2.57.